The van der Waals surface area contributed by atoms with Gasteiger partial charge in [-0.05, 0) is 42.2 Å². The molecule has 0 saturated heterocycles. The van der Waals surface area contributed by atoms with E-state index in [1.807, 2.05) is 25.1 Å². The molecule has 4 heteroatoms. The zero-order chi connectivity index (χ0) is 13.9. The summed E-state index contributed by atoms with van der Waals surface area (Å²) in [6.07, 6.45) is 2.56. The molecule has 2 heterocycles. The number of hydrogen-bond donors (Lipinski definition) is 1. The van der Waals surface area contributed by atoms with E-state index in [-0.39, 0.29) is 11.9 Å². The van der Waals surface area contributed by atoms with Crippen LogP contribution < -0.4 is 10.1 Å². The van der Waals surface area contributed by atoms with Crippen molar-refractivity contribution in [1.82, 2.24) is 10.3 Å². The van der Waals surface area contributed by atoms with Crippen LogP contribution in [0.2, 0.25) is 0 Å². The van der Waals surface area contributed by atoms with E-state index in [2.05, 4.69) is 10.3 Å². The summed E-state index contributed by atoms with van der Waals surface area (Å²) in [5.74, 6) is 0.452. The number of pyridine rings is 1. The lowest BCUT2D eigenvalue weighted by molar-refractivity contribution is 0.248. The first kappa shape index (κ1) is 13.1. The van der Waals surface area contributed by atoms with Gasteiger partial charge >= 0.3 is 0 Å². The second-order valence-electron chi connectivity index (χ2n) is 5.18. The van der Waals surface area contributed by atoms with Gasteiger partial charge in [0, 0.05) is 24.8 Å². The summed E-state index contributed by atoms with van der Waals surface area (Å²) in [6.45, 7) is 3.28. The molecule has 1 aromatic carbocycles. The van der Waals surface area contributed by atoms with Crippen LogP contribution in [0.3, 0.4) is 0 Å². The third-order valence-corrected chi connectivity index (χ3v) is 3.53. The van der Waals surface area contributed by atoms with Crippen LogP contribution in [0.15, 0.2) is 36.5 Å². The number of aromatic nitrogens is 1. The number of nitrogens with one attached hydrogen (secondary N) is 1. The van der Waals surface area contributed by atoms with Crippen molar-refractivity contribution in [2.45, 2.75) is 25.9 Å². The lowest BCUT2D eigenvalue weighted by Crippen LogP contribution is -2.40. The second-order valence-corrected chi connectivity index (χ2v) is 5.18. The molecule has 1 atom stereocenters. The highest BCUT2D eigenvalue weighted by molar-refractivity contribution is 5.30. The monoisotopic (exact) mass is 272 g/mol. The fourth-order valence-corrected chi connectivity index (χ4v) is 2.39. The zero-order valence-electron chi connectivity index (χ0n) is 11.4. The van der Waals surface area contributed by atoms with Gasteiger partial charge in [0.25, 0.3) is 0 Å². The second kappa shape index (κ2) is 5.59. The minimum atomic E-state index is -0.175. The van der Waals surface area contributed by atoms with Crippen molar-refractivity contribution < 1.29 is 9.13 Å². The summed E-state index contributed by atoms with van der Waals surface area (Å²) < 4.78 is 18.9. The Bertz CT molecular complexity index is 598. The molecule has 0 spiro atoms. The fourth-order valence-electron chi connectivity index (χ4n) is 2.39. The molecule has 2 aromatic rings. The Kier molecular flexibility index (Phi) is 3.65. The van der Waals surface area contributed by atoms with E-state index in [1.165, 1.54) is 6.07 Å². The topological polar surface area (TPSA) is 34.1 Å². The minimum absolute atomic E-state index is 0.175. The summed E-state index contributed by atoms with van der Waals surface area (Å²) in [4.78, 5) is 4.21. The van der Waals surface area contributed by atoms with E-state index >= 15 is 0 Å². The molecule has 20 heavy (non-hydrogen) atoms. The van der Waals surface area contributed by atoms with Gasteiger partial charge in [0.1, 0.15) is 12.4 Å². The number of ether oxygens (including phenoxy) is 1. The van der Waals surface area contributed by atoms with Crippen LogP contribution in [-0.2, 0) is 13.0 Å². The molecule has 3 rings (SSSR count). The molecule has 0 radical (unpaired) electrons. The van der Waals surface area contributed by atoms with E-state index in [0.717, 1.165) is 29.7 Å². The highest BCUT2D eigenvalue weighted by Gasteiger charge is 2.19. The van der Waals surface area contributed by atoms with E-state index in [9.17, 15) is 4.39 Å². The number of halogens is 1. The summed E-state index contributed by atoms with van der Waals surface area (Å²) in [7, 11) is 0. The molecule has 1 N–H and O–H groups in total. The fraction of sp³-hybridized carbons (Fsp3) is 0.312. The standard InChI is InChI=1S/C16H17FN2O/c1-11-2-5-16(19-8-11)20-10-15-7-13-6-14(17)4-3-12(13)9-18-15/h2-6,8,15,18H,7,9-10H2,1H3. The molecule has 0 bridgehead atoms. The van der Waals surface area contributed by atoms with Crippen LogP contribution in [0.1, 0.15) is 16.7 Å². The maximum atomic E-state index is 13.2. The quantitative estimate of drug-likeness (QED) is 0.932. The zero-order valence-corrected chi connectivity index (χ0v) is 11.4. The molecule has 1 aromatic heterocycles. The number of rotatable bonds is 3. The van der Waals surface area contributed by atoms with Crippen LogP contribution in [-0.4, -0.2) is 17.6 Å². The molecule has 1 aliphatic heterocycles. The smallest absolute Gasteiger partial charge is 0.213 e. The summed E-state index contributed by atoms with van der Waals surface area (Å²) in [5, 5.41) is 3.40. The van der Waals surface area contributed by atoms with Gasteiger partial charge < -0.3 is 10.1 Å². The van der Waals surface area contributed by atoms with Gasteiger partial charge in [-0.3, -0.25) is 0 Å². The Morgan fingerprint density at radius 1 is 1.30 bits per heavy atom. The number of fused-ring (bicyclic) bond motifs is 1. The van der Waals surface area contributed by atoms with Crippen LogP contribution in [0.4, 0.5) is 4.39 Å². The first-order valence-corrected chi connectivity index (χ1v) is 6.77. The molecule has 104 valence electrons. The van der Waals surface area contributed by atoms with Gasteiger partial charge in [0.2, 0.25) is 5.88 Å². The minimum Gasteiger partial charge on any atom is -0.476 e. The van der Waals surface area contributed by atoms with E-state index in [4.69, 9.17) is 4.74 Å². The Labute approximate surface area is 117 Å². The molecular weight excluding hydrogens is 255 g/mol. The van der Waals surface area contributed by atoms with Crippen LogP contribution >= 0.6 is 0 Å². The van der Waals surface area contributed by atoms with Gasteiger partial charge in [-0.2, -0.15) is 0 Å². The maximum Gasteiger partial charge on any atom is 0.213 e. The number of hydrogen-bond acceptors (Lipinski definition) is 3. The number of benzene rings is 1. The predicted octanol–water partition coefficient (Wildman–Crippen LogP) is 2.62. The Balaban J connectivity index is 1.61. The van der Waals surface area contributed by atoms with Gasteiger partial charge in [0.15, 0.2) is 0 Å². The lowest BCUT2D eigenvalue weighted by atomic mass is 9.96. The average Bonchev–Trinajstić information content (AvgIpc) is 2.46. The first-order chi connectivity index (χ1) is 9.70. The van der Waals surface area contributed by atoms with Gasteiger partial charge in [-0.25, -0.2) is 9.37 Å². The van der Waals surface area contributed by atoms with Crippen molar-refractivity contribution in [1.29, 1.82) is 0 Å². The van der Waals surface area contributed by atoms with Gasteiger partial charge in [-0.15, -0.1) is 0 Å². The Morgan fingerprint density at radius 2 is 2.20 bits per heavy atom. The molecule has 3 nitrogen and oxygen atoms in total. The number of nitrogens with zero attached hydrogens (tertiary/aromatic N) is 1. The molecule has 0 amide bonds. The van der Waals surface area contributed by atoms with Crippen molar-refractivity contribution in [2.24, 2.45) is 0 Å². The van der Waals surface area contributed by atoms with Crippen LogP contribution in [0.25, 0.3) is 0 Å². The van der Waals surface area contributed by atoms with E-state index in [0.29, 0.717) is 12.5 Å². The highest BCUT2D eigenvalue weighted by atomic mass is 19.1. The first-order valence-electron chi connectivity index (χ1n) is 6.77. The summed E-state index contributed by atoms with van der Waals surface area (Å²) in [6, 6.07) is 9.00. The Hall–Kier alpha value is -1.94. The van der Waals surface area contributed by atoms with Crippen LogP contribution in [0, 0.1) is 12.7 Å². The van der Waals surface area contributed by atoms with Crippen LogP contribution in [0.5, 0.6) is 5.88 Å². The molecule has 0 saturated carbocycles. The van der Waals surface area contributed by atoms with E-state index < -0.39 is 0 Å². The van der Waals surface area contributed by atoms with Crippen molar-refractivity contribution in [3.63, 3.8) is 0 Å². The van der Waals surface area contributed by atoms with Gasteiger partial charge in [-0.1, -0.05) is 12.1 Å². The molecule has 1 aliphatic rings. The van der Waals surface area contributed by atoms with Crippen molar-refractivity contribution in [3.05, 3.63) is 59.0 Å². The molecule has 1 unspecified atom stereocenters. The third kappa shape index (κ3) is 2.96. The molecule has 0 fully saturated rings. The maximum absolute atomic E-state index is 13.2. The predicted molar refractivity (Wildman–Crippen MR) is 75.2 cm³/mol. The molecular formula is C16H17FN2O. The lowest BCUT2D eigenvalue weighted by Gasteiger charge is -2.26. The SMILES string of the molecule is Cc1ccc(OCC2Cc3cc(F)ccc3CN2)nc1. The Morgan fingerprint density at radius 3 is 3.00 bits per heavy atom. The molecule has 0 aliphatic carbocycles. The van der Waals surface area contributed by atoms with Gasteiger partial charge in [0.05, 0.1) is 0 Å². The highest BCUT2D eigenvalue weighted by Crippen LogP contribution is 2.18. The van der Waals surface area contributed by atoms with Crippen molar-refractivity contribution >= 4 is 0 Å². The largest absolute Gasteiger partial charge is 0.476 e. The van der Waals surface area contributed by atoms with Crippen molar-refractivity contribution in [3.8, 4) is 5.88 Å². The van der Waals surface area contributed by atoms with E-state index in [1.54, 1.807) is 12.3 Å². The average molecular weight is 272 g/mol. The summed E-state index contributed by atoms with van der Waals surface area (Å²) in [5.41, 5.74) is 3.34. The third-order valence-electron chi connectivity index (χ3n) is 3.53. The summed E-state index contributed by atoms with van der Waals surface area (Å²) >= 11 is 0. The van der Waals surface area contributed by atoms with Crippen molar-refractivity contribution in [2.75, 3.05) is 6.61 Å². The number of aryl methyl sites for hydroxylation is 1. The normalized spacial score (nSPS) is 17.6.